The molecule has 0 spiro atoms. The average Bonchev–Trinajstić information content (AvgIpc) is 3.09. The summed E-state index contributed by atoms with van der Waals surface area (Å²) in [5.41, 5.74) is 1.24. The molecule has 142 valence electrons. The molecule has 1 unspecified atom stereocenters. The van der Waals surface area contributed by atoms with Crippen molar-refractivity contribution in [2.75, 3.05) is 18.2 Å². The van der Waals surface area contributed by atoms with Crippen LogP contribution < -0.4 is 4.90 Å². The number of aromatic nitrogens is 2. The predicted octanol–water partition coefficient (Wildman–Crippen LogP) is 3.97. The Morgan fingerprint density at radius 1 is 1.15 bits per heavy atom. The number of imidazole rings is 1. The first kappa shape index (κ1) is 19.3. The highest BCUT2D eigenvalue weighted by molar-refractivity contribution is 7.90. The SMILES string of the molecule is CN(c1ccc(F)cc1)C(c1ccc(F)c(Cl)c1)c1nc(S(C)(=O)=O)c[nH]1. The number of anilines is 1. The third-order valence-electron chi connectivity index (χ3n) is 4.09. The van der Waals surface area contributed by atoms with Gasteiger partial charge >= 0.3 is 0 Å². The van der Waals surface area contributed by atoms with Gasteiger partial charge in [-0.1, -0.05) is 17.7 Å². The normalized spacial score (nSPS) is 12.8. The maximum absolute atomic E-state index is 13.6. The summed E-state index contributed by atoms with van der Waals surface area (Å²) in [6.45, 7) is 0. The number of halogens is 3. The molecule has 0 saturated heterocycles. The van der Waals surface area contributed by atoms with Crippen LogP contribution in [0.5, 0.6) is 0 Å². The summed E-state index contributed by atoms with van der Waals surface area (Å²) in [5, 5.41) is -0.178. The Labute approximate surface area is 160 Å². The van der Waals surface area contributed by atoms with Crippen LogP contribution >= 0.6 is 11.6 Å². The molecule has 2 aromatic carbocycles. The first-order chi connectivity index (χ1) is 12.7. The number of hydrogen-bond acceptors (Lipinski definition) is 4. The van der Waals surface area contributed by atoms with Gasteiger partial charge in [-0.2, -0.15) is 0 Å². The standard InChI is InChI=1S/C18H16ClF2N3O2S/c1-24(13-6-4-12(20)5-7-13)17(11-3-8-15(21)14(19)9-11)18-22-10-16(23-18)27(2,25)26/h3-10,17H,1-2H3,(H,22,23). The second-order valence-corrected chi connectivity index (χ2v) is 8.43. The number of sulfone groups is 1. The molecular weight excluding hydrogens is 396 g/mol. The molecule has 0 aliphatic carbocycles. The molecule has 1 aromatic heterocycles. The van der Waals surface area contributed by atoms with E-state index in [4.69, 9.17) is 11.6 Å². The summed E-state index contributed by atoms with van der Waals surface area (Å²) < 4.78 is 50.4. The summed E-state index contributed by atoms with van der Waals surface area (Å²) in [7, 11) is -1.77. The molecule has 3 aromatic rings. The quantitative estimate of drug-likeness (QED) is 0.689. The van der Waals surface area contributed by atoms with Gasteiger partial charge in [-0.15, -0.1) is 0 Å². The van der Waals surface area contributed by atoms with Gasteiger partial charge in [0.25, 0.3) is 0 Å². The molecule has 27 heavy (non-hydrogen) atoms. The van der Waals surface area contributed by atoms with Crippen LogP contribution in [0.4, 0.5) is 14.5 Å². The van der Waals surface area contributed by atoms with E-state index < -0.39 is 21.7 Å². The highest BCUT2D eigenvalue weighted by atomic mass is 35.5. The number of nitrogens with zero attached hydrogens (tertiary/aromatic N) is 2. The fourth-order valence-electron chi connectivity index (χ4n) is 2.72. The van der Waals surface area contributed by atoms with E-state index in [1.165, 1.54) is 36.5 Å². The number of benzene rings is 2. The highest BCUT2D eigenvalue weighted by Crippen LogP contribution is 2.32. The largest absolute Gasteiger partial charge is 0.361 e. The topological polar surface area (TPSA) is 66.1 Å². The van der Waals surface area contributed by atoms with Crippen LogP contribution in [-0.2, 0) is 9.84 Å². The van der Waals surface area contributed by atoms with Crippen molar-refractivity contribution in [3.05, 3.63) is 76.7 Å². The number of H-pyrrole nitrogens is 1. The molecule has 1 N–H and O–H groups in total. The molecule has 3 rings (SSSR count). The zero-order chi connectivity index (χ0) is 19.8. The van der Waals surface area contributed by atoms with Crippen molar-refractivity contribution >= 4 is 27.1 Å². The number of rotatable bonds is 5. The van der Waals surface area contributed by atoms with E-state index in [2.05, 4.69) is 9.97 Å². The van der Waals surface area contributed by atoms with Crippen LogP contribution in [0.25, 0.3) is 0 Å². The minimum absolute atomic E-state index is 0.0695. The van der Waals surface area contributed by atoms with Crippen molar-refractivity contribution in [3.8, 4) is 0 Å². The van der Waals surface area contributed by atoms with Crippen molar-refractivity contribution < 1.29 is 17.2 Å². The molecule has 0 bridgehead atoms. The van der Waals surface area contributed by atoms with Crippen molar-refractivity contribution in [3.63, 3.8) is 0 Å². The minimum Gasteiger partial charge on any atom is -0.361 e. The minimum atomic E-state index is -3.51. The van der Waals surface area contributed by atoms with Gasteiger partial charge < -0.3 is 9.88 Å². The van der Waals surface area contributed by atoms with Crippen LogP contribution in [0.3, 0.4) is 0 Å². The summed E-state index contributed by atoms with van der Waals surface area (Å²) >= 11 is 5.93. The lowest BCUT2D eigenvalue weighted by atomic mass is 10.0. The van der Waals surface area contributed by atoms with E-state index >= 15 is 0 Å². The van der Waals surface area contributed by atoms with Crippen LogP contribution in [0.2, 0.25) is 5.02 Å². The number of nitrogens with one attached hydrogen (secondary N) is 1. The van der Waals surface area contributed by atoms with Gasteiger partial charge in [0.2, 0.25) is 0 Å². The molecule has 0 radical (unpaired) electrons. The first-order valence-corrected chi connectivity index (χ1v) is 10.1. The van der Waals surface area contributed by atoms with E-state index in [9.17, 15) is 17.2 Å². The zero-order valence-corrected chi connectivity index (χ0v) is 16.0. The fraction of sp³-hybridized carbons (Fsp3) is 0.167. The van der Waals surface area contributed by atoms with E-state index in [0.717, 1.165) is 6.26 Å². The maximum Gasteiger partial charge on any atom is 0.194 e. The summed E-state index contributed by atoms with van der Waals surface area (Å²) in [5.74, 6) is -0.629. The van der Waals surface area contributed by atoms with Crippen LogP contribution in [0.1, 0.15) is 17.4 Å². The molecule has 0 fully saturated rings. The average molecular weight is 412 g/mol. The second kappa shape index (κ2) is 7.28. The van der Waals surface area contributed by atoms with Gasteiger partial charge in [0, 0.05) is 25.2 Å². The molecule has 0 saturated carbocycles. The lowest BCUT2D eigenvalue weighted by molar-refractivity contribution is 0.598. The molecule has 1 atom stereocenters. The summed E-state index contributed by atoms with van der Waals surface area (Å²) in [6.07, 6.45) is 2.35. The van der Waals surface area contributed by atoms with Crippen molar-refractivity contribution in [1.29, 1.82) is 0 Å². The van der Waals surface area contributed by atoms with Gasteiger partial charge in [0.05, 0.1) is 5.02 Å². The highest BCUT2D eigenvalue weighted by Gasteiger charge is 2.25. The Kier molecular flexibility index (Phi) is 5.21. The smallest absolute Gasteiger partial charge is 0.194 e. The van der Waals surface area contributed by atoms with Crippen LogP contribution in [-0.4, -0.2) is 31.7 Å². The molecule has 9 heteroatoms. The van der Waals surface area contributed by atoms with Gasteiger partial charge in [-0.25, -0.2) is 22.2 Å². The maximum atomic E-state index is 13.6. The Morgan fingerprint density at radius 3 is 2.37 bits per heavy atom. The predicted molar refractivity (Wildman–Crippen MR) is 99.8 cm³/mol. The van der Waals surface area contributed by atoms with Crippen molar-refractivity contribution in [2.24, 2.45) is 0 Å². The van der Waals surface area contributed by atoms with Gasteiger partial charge in [-0.3, -0.25) is 0 Å². The lowest BCUT2D eigenvalue weighted by Crippen LogP contribution is -2.26. The number of aromatic amines is 1. The summed E-state index contributed by atoms with van der Waals surface area (Å²) in [4.78, 5) is 8.80. The van der Waals surface area contributed by atoms with Crippen LogP contribution in [0.15, 0.2) is 53.7 Å². The number of hydrogen-bond donors (Lipinski definition) is 1. The first-order valence-electron chi connectivity index (χ1n) is 7.85. The third kappa shape index (κ3) is 4.12. The van der Waals surface area contributed by atoms with Crippen LogP contribution in [0, 0.1) is 11.6 Å². The van der Waals surface area contributed by atoms with Gasteiger partial charge in [0.1, 0.15) is 23.5 Å². The van der Waals surface area contributed by atoms with Gasteiger partial charge in [-0.05, 0) is 42.0 Å². The molecule has 0 aliphatic heterocycles. The van der Waals surface area contributed by atoms with E-state index in [1.54, 1.807) is 24.1 Å². The van der Waals surface area contributed by atoms with E-state index in [-0.39, 0.29) is 15.9 Å². The molecule has 5 nitrogen and oxygen atoms in total. The van der Waals surface area contributed by atoms with Crippen molar-refractivity contribution in [2.45, 2.75) is 11.1 Å². The monoisotopic (exact) mass is 411 g/mol. The Morgan fingerprint density at radius 2 is 1.81 bits per heavy atom. The fourth-order valence-corrected chi connectivity index (χ4v) is 3.45. The zero-order valence-electron chi connectivity index (χ0n) is 14.4. The summed E-state index contributed by atoms with van der Waals surface area (Å²) in [6, 6.07) is 9.38. The third-order valence-corrected chi connectivity index (χ3v) is 5.35. The van der Waals surface area contributed by atoms with Crippen molar-refractivity contribution in [1.82, 2.24) is 9.97 Å². The molecule has 0 amide bonds. The van der Waals surface area contributed by atoms with E-state index in [1.807, 2.05) is 0 Å². The second-order valence-electron chi connectivity index (χ2n) is 6.06. The Hall–Kier alpha value is -2.45. The lowest BCUT2D eigenvalue weighted by Gasteiger charge is -2.29. The molecule has 0 aliphatic rings. The Bertz CT molecular complexity index is 1070. The molecule has 1 heterocycles. The Balaban J connectivity index is 2.12. The molecular formula is C18H16ClF2N3O2S. The van der Waals surface area contributed by atoms with Gasteiger partial charge in [0.15, 0.2) is 14.9 Å². The van der Waals surface area contributed by atoms with E-state index in [0.29, 0.717) is 17.1 Å².